The predicted molar refractivity (Wildman–Crippen MR) is 102 cm³/mol. The highest BCUT2D eigenvalue weighted by atomic mass is 32.2. The summed E-state index contributed by atoms with van der Waals surface area (Å²) in [4.78, 5) is 7.22. The summed E-state index contributed by atoms with van der Waals surface area (Å²) in [5, 5.41) is 3.51. The zero-order valence-corrected chi connectivity index (χ0v) is 15.6. The molecule has 5 nitrogen and oxygen atoms in total. The van der Waals surface area contributed by atoms with Crippen LogP contribution in [0.2, 0.25) is 0 Å². The number of piperidine rings is 1. The van der Waals surface area contributed by atoms with Gasteiger partial charge in [0.15, 0.2) is 9.84 Å². The van der Waals surface area contributed by atoms with Gasteiger partial charge >= 0.3 is 0 Å². The minimum absolute atomic E-state index is 0.135. The number of aromatic nitrogens is 1. The lowest BCUT2D eigenvalue weighted by molar-refractivity contribution is 0.525. The Morgan fingerprint density at radius 2 is 1.80 bits per heavy atom. The number of pyridine rings is 1. The van der Waals surface area contributed by atoms with Crippen LogP contribution in [-0.2, 0) is 9.84 Å². The van der Waals surface area contributed by atoms with Crippen molar-refractivity contribution >= 4 is 21.3 Å². The molecule has 134 valence electrons. The van der Waals surface area contributed by atoms with Crippen LogP contribution in [0.5, 0.6) is 0 Å². The fourth-order valence-electron chi connectivity index (χ4n) is 3.15. The minimum Gasteiger partial charge on any atom is -0.371 e. The minimum atomic E-state index is -3.13. The maximum Gasteiger partial charge on any atom is 0.178 e. The van der Waals surface area contributed by atoms with Crippen LogP contribution in [0.15, 0.2) is 47.4 Å². The fourth-order valence-corrected chi connectivity index (χ4v) is 4.03. The first-order chi connectivity index (χ1) is 12.0. The highest BCUT2D eigenvalue weighted by Crippen LogP contribution is 2.23. The average Bonchev–Trinajstić information content (AvgIpc) is 2.62. The van der Waals surface area contributed by atoms with Gasteiger partial charge in [0.25, 0.3) is 0 Å². The van der Waals surface area contributed by atoms with E-state index in [9.17, 15) is 8.42 Å². The first-order valence-electron chi connectivity index (χ1n) is 8.76. The zero-order chi connectivity index (χ0) is 17.9. The number of hydrogen-bond donors (Lipinski definition) is 1. The van der Waals surface area contributed by atoms with Crippen LogP contribution in [0, 0.1) is 6.92 Å². The van der Waals surface area contributed by atoms with Crippen molar-refractivity contribution in [1.29, 1.82) is 0 Å². The molecule has 2 heterocycles. The molecular formula is C19H25N3O2S. The lowest BCUT2D eigenvalue weighted by Crippen LogP contribution is -2.39. The van der Waals surface area contributed by atoms with E-state index in [2.05, 4.69) is 15.2 Å². The molecule has 1 saturated heterocycles. The summed E-state index contributed by atoms with van der Waals surface area (Å²) in [5.74, 6) is 1.07. The summed E-state index contributed by atoms with van der Waals surface area (Å²) in [5.41, 5.74) is 2.10. The van der Waals surface area contributed by atoms with Gasteiger partial charge in [-0.25, -0.2) is 13.4 Å². The standard InChI is InChI=1S/C19H25N3O2S/c1-3-25(23,24)18-9-7-17(8-10-18)22-13-11-16(12-14-22)21-19-6-4-5-15(2)20-19/h4-10,16H,3,11-14H2,1-2H3,(H,20,21). The number of benzene rings is 1. The van der Waals surface area contributed by atoms with E-state index < -0.39 is 9.84 Å². The molecule has 0 amide bonds. The summed E-state index contributed by atoms with van der Waals surface area (Å²) >= 11 is 0. The Balaban J connectivity index is 1.59. The molecular weight excluding hydrogens is 334 g/mol. The Labute approximate surface area is 150 Å². The lowest BCUT2D eigenvalue weighted by Gasteiger charge is -2.34. The number of hydrogen-bond acceptors (Lipinski definition) is 5. The van der Waals surface area contributed by atoms with E-state index in [0.29, 0.717) is 10.9 Å². The van der Waals surface area contributed by atoms with E-state index in [1.807, 2.05) is 37.3 Å². The predicted octanol–water partition coefficient (Wildman–Crippen LogP) is 3.26. The number of nitrogens with one attached hydrogen (secondary N) is 1. The Bertz CT molecular complexity index is 811. The van der Waals surface area contributed by atoms with Gasteiger partial charge in [-0.05, 0) is 56.2 Å². The van der Waals surface area contributed by atoms with E-state index in [1.165, 1.54) is 0 Å². The molecule has 0 radical (unpaired) electrons. The second kappa shape index (κ2) is 7.44. The molecule has 1 fully saturated rings. The number of aryl methyl sites for hydroxylation is 1. The first-order valence-corrected chi connectivity index (χ1v) is 10.4. The monoisotopic (exact) mass is 359 g/mol. The Morgan fingerprint density at radius 1 is 1.12 bits per heavy atom. The summed E-state index contributed by atoms with van der Waals surface area (Å²) in [6, 6.07) is 13.7. The van der Waals surface area contributed by atoms with E-state index in [1.54, 1.807) is 19.1 Å². The third kappa shape index (κ3) is 4.31. The van der Waals surface area contributed by atoms with Gasteiger partial charge in [-0.2, -0.15) is 0 Å². The molecule has 1 aromatic heterocycles. The van der Waals surface area contributed by atoms with Crippen LogP contribution in [0.3, 0.4) is 0 Å². The Hall–Kier alpha value is -2.08. The molecule has 0 spiro atoms. The van der Waals surface area contributed by atoms with Crippen molar-refractivity contribution in [2.24, 2.45) is 0 Å². The molecule has 0 aliphatic carbocycles. The maximum atomic E-state index is 11.9. The van der Waals surface area contributed by atoms with Gasteiger partial charge in [0, 0.05) is 30.5 Å². The summed E-state index contributed by atoms with van der Waals surface area (Å²) < 4.78 is 23.8. The summed E-state index contributed by atoms with van der Waals surface area (Å²) in [7, 11) is -3.13. The highest BCUT2D eigenvalue weighted by molar-refractivity contribution is 7.91. The van der Waals surface area contributed by atoms with Crippen LogP contribution >= 0.6 is 0 Å². The average molecular weight is 359 g/mol. The van der Waals surface area contributed by atoms with Crippen molar-refractivity contribution in [2.75, 3.05) is 29.1 Å². The smallest absolute Gasteiger partial charge is 0.178 e. The van der Waals surface area contributed by atoms with E-state index >= 15 is 0 Å². The van der Waals surface area contributed by atoms with E-state index in [4.69, 9.17) is 0 Å². The number of anilines is 2. The van der Waals surface area contributed by atoms with Gasteiger partial charge in [-0.15, -0.1) is 0 Å². The van der Waals surface area contributed by atoms with Crippen molar-refractivity contribution in [3.63, 3.8) is 0 Å². The Kier molecular flexibility index (Phi) is 5.27. The van der Waals surface area contributed by atoms with Gasteiger partial charge in [-0.1, -0.05) is 13.0 Å². The van der Waals surface area contributed by atoms with Crippen LogP contribution in [-0.4, -0.2) is 38.3 Å². The quantitative estimate of drug-likeness (QED) is 0.888. The molecule has 0 atom stereocenters. The molecule has 3 rings (SSSR count). The molecule has 1 aliphatic rings. The number of nitrogens with zero attached hydrogens (tertiary/aromatic N) is 2. The van der Waals surface area contributed by atoms with Gasteiger partial charge in [0.05, 0.1) is 10.6 Å². The van der Waals surface area contributed by atoms with Gasteiger partial charge in [0.1, 0.15) is 5.82 Å². The highest BCUT2D eigenvalue weighted by Gasteiger charge is 2.20. The fraction of sp³-hybridized carbons (Fsp3) is 0.421. The van der Waals surface area contributed by atoms with E-state index in [-0.39, 0.29) is 5.75 Å². The van der Waals surface area contributed by atoms with Crippen molar-refractivity contribution < 1.29 is 8.42 Å². The molecule has 0 saturated carbocycles. The maximum absolute atomic E-state index is 11.9. The van der Waals surface area contributed by atoms with Crippen LogP contribution in [0.4, 0.5) is 11.5 Å². The largest absolute Gasteiger partial charge is 0.371 e. The summed E-state index contributed by atoms with van der Waals surface area (Å²) in [6.45, 7) is 5.56. The third-order valence-corrected chi connectivity index (χ3v) is 6.43. The second-order valence-electron chi connectivity index (χ2n) is 6.47. The third-order valence-electron chi connectivity index (χ3n) is 4.68. The van der Waals surface area contributed by atoms with Crippen LogP contribution in [0.1, 0.15) is 25.5 Å². The van der Waals surface area contributed by atoms with Gasteiger partial charge in [-0.3, -0.25) is 0 Å². The topological polar surface area (TPSA) is 62.3 Å². The molecule has 1 N–H and O–H groups in total. The normalized spacial score (nSPS) is 16.0. The SMILES string of the molecule is CCS(=O)(=O)c1ccc(N2CCC(Nc3cccc(C)n3)CC2)cc1. The van der Waals surface area contributed by atoms with E-state index in [0.717, 1.165) is 43.1 Å². The van der Waals surface area contributed by atoms with Crippen molar-refractivity contribution in [3.8, 4) is 0 Å². The van der Waals surface area contributed by atoms with Gasteiger partial charge < -0.3 is 10.2 Å². The second-order valence-corrected chi connectivity index (χ2v) is 8.75. The van der Waals surface area contributed by atoms with Gasteiger partial charge in [0.2, 0.25) is 0 Å². The molecule has 1 aliphatic heterocycles. The van der Waals surface area contributed by atoms with Crippen molar-refractivity contribution in [3.05, 3.63) is 48.2 Å². The molecule has 2 aromatic rings. The zero-order valence-electron chi connectivity index (χ0n) is 14.8. The van der Waals surface area contributed by atoms with Crippen LogP contribution in [0.25, 0.3) is 0 Å². The Morgan fingerprint density at radius 3 is 2.40 bits per heavy atom. The van der Waals surface area contributed by atoms with Crippen LogP contribution < -0.4 is 10.2 Å². The molecule has 0 unspecified atom stereocenters. The number of rotatable bonds is 5. The lowest BCUT2D eigenvalue weighted by atomic mass is 10.0. The summed E-state index contributed by atoms with van der Waals surface area (Å²) in [6.07, 6.45) is 2.06. The van der Waals surface area contributed by atoms with Crippen molar-refractivity contribution in [1.82, 2.24) is 4.98 Å². The number of sulfone groups is 1. The molecule has 25 heavy (non-hydrogen) atoms. The van der Waals surface area contributed by atoms with Crippen molar-refractivity contribution in [2.45, 2.75) is 37.6 Å². The molecule has 1 aromatic carbocycles. The first kappa shape index (κ1) is 17.7. The molecule has 0 bridgehead atoms. The molecule has 6 heteroatoms.